The van der Waals surface area contributed by atoms with E-state index in [4.69, 9.17) is 0 Å². The molecule has 2 aliphatic rings. The molecule has 2 amide bonds. The van der Waals surface area contributed by atoms with Crippen molar-refractivity contribution < 1.29 is 9.59 Å². The summed E-state index contributed by atoms with van der Waals surface area (Å²) in [6, 6.07) is 6.16. The van der Waals surface area contributed by atoms with E-state index in [-0.39, 0.29) is 24.4 Å². The number of amides is 2. The van der Waals surface area contributed by atoms with Crippen LogP contribution in [0.1, 0.15) is 25.3 Å². The highest BCUT2D eigenvalue weighted by molar-refractivity contribution is 9.10. The van der Waals surface area contributed by atoms with E-state index in [2.05, 4.69) is 28.9 Å². The van der Waals surface area contributed by atoms with E-state index >= 15 is 0 Å². The van der Waals surface area contributed by atoms with Crippen LogP contribution in [0.5, 0.6) is 0 Å². The molecule has 3 rings (SSSR count). The number of halogens is 1. The summed E-state index contributed by atoms with van der Waals surface area (Å²) < 4.78 is 1.03. The van der Waals surface area contributed by atoms with Crippen molar-refractivity contribution in [2.75, 3.05) is 18.0 Å². The highest BCUT2D eigenvalue weighted by Crippen LogP contribution is 2.34. The third-order valence-corrected chi connectivity index (χ3v) is 4.52. The quantitative estimate of drug-likeness (QED) is 0.831. The van der Waals surface area contributed by atoms with E-state index in [9.17, 15) is 9.59 Å². The molecule has 0 saturated carbocycles. The summed E-state index contributed by atoms with van der Waals surface area (Å²) >= 11 is 3.46. The molecular formula is C15H17BrN2O2. The third kappa shape index (κ3) is 2.35. The number of benzene rings is 1. The molecule has 1 atom stereocenters. The fourth-order valence-electron chi connectivity index (χ4n) is 3.09. The van der Waals surface area contributed by atoms with Gasteiger partial charge in [0.2, 0.25) is 11.8 Å². The number of carbonyl (C=O) groups is 2. The number of carbonyl (C=O) groups excluding carboxylic acids is 2. The molecule has 106 valence electrons. The van der Waals surface area contributed by atoms with Crippen molar-refractivity contribution in [2.45, 2.75) is 32.2 Å². The Bertz CT molecular complexity index is 573. The molecule has 1 aromatic rings. The Morgan fingerprint density at radius 1 is 1.45 bits per heavy atom. The van der Waals surface area contributed by atoms with Crippen LogP contribution in [0.15, 0.2) is 22.7 Å². The first-order valence-electron chi connectivity index (χ1n) is 6.94. The summed E-state index contributed by atoms with van der Waals surface area (Å²) in [5.74, 6) is 0.120. The first kappa shape index (κ1) is 13.6. The van der Waals surface area contributed by atoms with Crippen LogP contribution in [0, 0.1) is 0 Å². The van der Waals surface area contributed by atoms with Gasteiger partial charge in [0.05, 0.1) is 0 Å². The van der Waals surface area contributed by atoms with Gasteiger partial charge in [-0.05, 0) is 43.5 Å². The van der Waals surface area contributed by atoms with Crippen molar-refractivity contribution in [3.05, 3.63) is 28.2 Å². The Balaban J connectivity index is 1.80. The van der Waals surface area contributed by atoms with E-state index in [0.29, 0.717) is 13.0 Å². The number of fused-ring (bicyclic) bond motifs is 1. The predicted molar refractivity (Wildman–Crippen MR) is 80.6 cm³/mol. The Morgan fingerprint density at radius 2 is 2.25 bits per heavy atom. The normalized spacial score (nSPS) is 21.5. The van der Waals surface area contributed by atoms with E-state index in [0.717, 1.165) is 23.0 Å². The summed E-state index contributed by atoms with van der Waals surface area (Å²) in [5, 5.41) is 0. The number of rotatable bonds is 2. The number of hydrogen-bond donors (Lipinski definition) is 0. The zero-order chi connectivity index (χ0) is 14.3. The zero-order valence-corrected chi connectivity index (χ0v) is 13.0. The summed E-state index contributed by atoms with van der Waals surface area (Å²) in [5.41, 5.74) is 2.17. The first-order chi connectivity index (χ1) is 9.56. The van der Waals surface area contributed by atoms with Gasteiger partial charge in [0.15, 0.2) is 0 Å². The maximum Gasteiger partial charge on any atom is 0.246 e. The monoisotopic (exact) mass is 336 g/mol. The van der Waals surface area contributed by atoms with Crippen LogP contribution in [0.4, 0.5) is 5.69 Å². The minimum absolute atomic E-state index is 0.0221. The van der Waals surface area contributed by atoms with Crippen LogP contribution in [0.25, 0.3) is 0 Å². The lowest BCUT2D eigenvalue weighted by molar-refractivity contribution is -0.132. The summed E-state index contributed by atoms with van der Waals surface area (Å²) in [6.45, 7) is 2.97. The van der Waals surface area contributed by atoms with Gasteiger partial charge >= 0.3 is 0 Å². The Morgan fingerprint density at radius 3 is 2.95 bits per heavy atom. The van der Waals surface area contributed by atoms with Crippen molar-refractivity contribution in [3.63, 3.8) is 0 Å². The van der Waals surface area contributed by atoms with Crippen LogP contribution >= 0.6 is 15.9 Å². The van der Waals surface area contributed by atoms with E-state index in [1.807, 2.05) is 17.0 Å². The van der Waals surface area contributed by atoms with Crippen molar-refractivity contribution in [1.82, 2.24) is 4.90 Å². The molecule has 0 aliphatic carbocycles. The van der Waals surface area contributed by atoms with Gasteiger partial charge in [-0.3, -0.25) is 9.59 Å². The molecule has 20 heavy (non-hydrogen) atoms. The highest BCUT2D eigenvalue weighted by Gasteiger charge is 2.33. The molecule has 0 aromatic heterocycles. The maximum atomic E-state index is 12.5. The first-order valence-corrected chi connectivity index (χ1v) is 7.74. The molecule has 1 unspecified atom stereocenters. The maximum absolute atomic E-state index is 12.5. The average Bonchev–Trinajstić information content (AvgIpc) is 2.92. The summed E-state index contributed by atoms with van der Waals surface area (Å²) in [4.78, 5) is 27.7. The molecule has 0 bridgehead atoms. The minimum atomic E-state index is 0.0221. The zero-order valence-electron chi connectivity index (χ0n) is 11.4. The van der Waals surface area contributed by atoms with Crippen LogP contribution in [-0.2, 0) is 16.0 Å². The molecule has 0 radical (unpaired) electrons. The standard InChI is InChI=1S/C15H17BrN2O2/c1-10-7-11-8-12(16)4-5-13(11)18(10)15(20)9-17-6-2-3-14(17)19/h4-5,8,10H,2-3,6-7,9H2,1H3. The van der Waals surface area contributed by atoms with Gasteiger partial charge in [-0.1, -0.05) is 15.9 Å². The lowest BCUT2D eigenvalue weighted by atomic mass is 10.1. The molecule has 1 aromatic carbocycles. The van der Waals surface area contributed by atoms with Crippen molar-refractivity contribution in [2.24, 2.45) is 0 Å². The van der Waals surface area contributed by atoms with Crippen molar-refractivity contribution in [3.8, 4) is 0 Å². The largest absolute Gasteiger partial charge is 0.333 e. The molecule has 0 N–H and O–H groups in total. The van der Waals surface area contributed by atoms with Gasteiger partial charge in [-0.2, -0.15) is 0 Å². The lowest BCUT2D eigenvalue weighted by Gasteiger charge is -2.25. The number of anilines is 1. The number of hydrogen-bond acceptors (Lipinski definition) is 2. The minimum Gasteiger partial charge on any atom is -0.333 e. The summed E-state index contributed by atoms with van der Waals surface area (Å²) in [7, 11) is 0. The molecule has 4 nitrogen and oxygen atoms in total. The number of nitrogens with zero attached hydrogens (tertiary/aromatic N) is 2. The average molecular weight is 337 g/mol. The molecule has 5 heteroatoms. The van der Waals surface area contributed by atoms with E-state index < -0.39 is 0 Å². The molecule has 2 aliphatic heterocycles. The second-order valence-corrected chi connectivity index (χ2v) is 6.42. The molecule has 1 fully saturated rings. The molecule has 1 saturated heterocycles. The topological polar surface area (TPSA) is 40.6 Å². The molecular weight excluding hydrogens is 320 g/mol. The van der Waals surface area contributed by atoms with Crippen LogP contribution in [-0.4, -0.2) is 35.8 Å². The van der Waals surface area contributed by atoms with E-state index in [1.54, 1.807) is 4.90 Å². The van der Waals surface area contributed by atoms with Crippen LogP contribution in [0.2, 0.25) is 0 Å². The fourth-order valence-corrected chi connectivity index (χ4v) is 3.50. The summed E-state index contributed by atoms with van der Waals surface area (Å²) in [6.07, 6.45) is 2.31. The SMILES string of the molecule is CC1Cc2cc(Br)ccc2N1C(=O)CN1CCCC1=O. The van der Waals surface area contributed by atoms with E-state index in [1.165, 1.54) is 5.56 Å². The lowest BCUT2D eigenvalue weighted by Crippen LogP contribution is -2.43. The molecule has 0 spiro atoms. The second-order valence-electron chi connectivity index (χ2n) is 5.51. The van der Waals surface area contributed by atoms with Gasteiger partial charge < -0.3 is 9.80 Å². The Hall–Kier alpha value is -1.36. The Kier molecular flexibility index (Phi) is 3.54. The Labute approximate surface area is 126 Å². The molecule has 2 heterocycles. The van der Waals surface area contributed by atoms with Crippen LogP contribution < -0.4 is 4.90 Å². The van der Waals surface area contributed by atoms with Gasteiger partial charge in [-0.25, -0.2) is 0 Å². The van der Waals surface area contributed by atoms with Gasteiger partial charge in [0.25, 0.3) is 0 Å². The fraction of sp³-hybridized carbons (Fsp3) is 0.467. The van der Waals surface area contributed by atoms with Crippen LogP contribution in [0.3, 0.4) is 0 Å². The predicted octanol–water partition coefficient (Wildman–Crippen LogP) is 2.35. The van der Waals surface area contributed by atoms with Gasteiger partial charge in [0, 0.05) is 29.2 Å². The second kappa shape index (κ2) is 5.20. The smallest absolute Gasteiger partial charge is 0.246 e. The van der Waals surface area contributed by atoms with Crippen molar-refractivity contribution >= 4 is 33.4 Å². The van der Waals surface area contributed by atoms with Crippen molar-refractivity contribution in [1.29, 1.82) is 0 Å². The highest BCUT2D eigenvalue weighted by atomic mass is 79.9. The number of likely N-dealkylation sites (tertiary alicyclic amines) is 1. The van der Waals surface area contributed by atoms with Gasteiger partial charge in [0.1, 0.15) is 6.54 Å². The third-order valence-electron chi connectivity index (χ3n) is 4.02. The van der Waals surface area contributed by atoms with Gasteiger partial charge in [-0.15, -0.1) is 0 Å².